The monoisotopic (exact) mass is 446 g/mol. The Balaban J connectivity index is 1.52. The van der Waals surface area contributed by atoms with Gasteiger partial charge >= 0.3 is 10.1 Å². The van der Waals surface area contributed by atoms with Gasteiger partial charge < -0.3 is 14.2 Å². The highest BCUT2D eigenvalue weighted by molar-refractivity contribution is 7.86. The summed E-state index contributed by atoms with van der Waals surface area (Å²) in [7, 11) is -3.63. The molecule has 1 N–H and O–H groups in total. The minimum absolute atomic E-state index is 0.0836. The van der Waals surface area contributed by atoms with Crippen LogP contribution in [0.5, 0.6) is 11.5 Å². The van der Waals surface area contributed by atoms with E-state index in [1.54, 1.807) is 12.1 Å². The number of nitrogens with zero attached hydrogens (tertiary/aromatic N) is 1. The second-order valence-corrected chi connectivity index (χ2v) is 9.45. The maximum Gasteiger partial charge on any atom is 0.306 e. The van der Waals surface area contributed by atoms with Crippen LogP contribution >= 0.6 is 0 Å². The van der Waals surface area contributed by atoms with Gasteiger partial charge in [0.2, 0.25) is 0 Å². The van der Waals surface area contributed by atoms with Crippen molar-refractivity contribution >= 4 is 16.0 Å². The van der Waals surface area contributed by atoms with E-state index < -0.39 is 10.1 Å². The van der Waals surface area contributed by atoms with Crippen LogP contribution in [0.2, 0.25) is 0 Å². The number of nitrogens with one attached hydrogen (secondary N) is 1. The third-order valence-electron chi connectivity index (χ3n) is 5.23. The van der Waals surface area contributed by atoms with Crippen LogP contribution in [0.25, 0.3) is 0 Å². The summed E-state index contributed by atoms with van der Waals surface area (Å²) in [6, 6.07) is 12.6. The fourth-order valence-corrected chi connectivity index (χ4v) is 4.13. The van der Waals surface area contributed by atoms with Gasteiger partial charge in [-0.25, -0.2) is 0 Å². The van der Waals surface area contributed by atoms with Gasteiger partial charge in [-0.3, -0.25) is 9.69 Å². The van der Waals surface area contributed by atoms with Crippen molar-refractivity contribution in [3.05, 3.63) is 59.2 Å². The van der Waals surface area contributed by atoms with Crippen molar-refractivity contribution in [1.29, 1.82) is 0 Å². The predicted molar refractivity (Wildman–Crippen MR) is 120 cm³/mol. The highest BCUT2D eigenvalue weighted by atomic mass is 32.2. The van der Waals surface area contributed by atoms with Gasteiger partial charge in [-0.1, -0.05) is 18.2 Å². The molecule has 1 heterocycles. The van der Waals surface area contributed by atoms with Gasteiger partial charge in [0.05, 0.1) is 12.9 Å². The summed E-state index contributed by atoms with van der Waals surface area (Å²) in [5.41, 5.74) is 2.74. The summed E-state index contributed by atoms with van der Waals surface area (Å²) in [4.78, 5) is 15.0. The van der Waals surface area contributed by atoms with E-state index in [9.17, 15) is 13.2 Å². The van der Waals surface area contributed by atoms with Crippen molar-refractivity contribution in [2.45, 2.75) is 39.3 Å². The molecule has 1 aliphatic heterocycles. The van der Waals surface area contributed by atoms with Gasteiger partial charge in [0.1, 0.15) is 11.5 Å². The summed E-state index contributed by atoms with van der Waals surface area (Å²) in [6.45, 7) is 7.32. The highest BCUT2D eigenvalue weighted by Crippen LogP contribution is 2.22. The number of carbonyl (C=O) groups is 1. The number of benzene rings is 2. The number of hydrogen-bond donors (Lipinski definition) is 1. The van der Waals surface area contributed by atoms with Crippen molar-refractivity contribution in [3.63, 3.8) is 0 Å². The van der Waals surface area contributed by atoms with E-state index in [0.717, 1.165) is 50.0 Å². The molecule has 2 aromatic rings. The zero-order valence-corrected chi connectivity index (χ0v) is 19.1. The molecule has 1 amide bonds. The molecule has 0 unspecified atom stereocenters. The van der Waals surface area contributed by atoms with E-state index >= 15 is 0 Å². The molecule has 1 fully saturated rings. The normalized spacial score (nSPS) is 15.5. The molecule has 2 aromatic carbocycles. The average molecular weight is 447 g/mol. The number of carbonyl (C=O) groups excluding carboxylic acids is 1. The number of piperidine rings is 1. The fourth-order valence-electron chi connectivity index (χ4n) is 3.68. The second-order valence-electron chi connectivity index (χ2n) is 7.87. The third-order valence-corrected chi connectivity index (χ3v) is 5.72. The molecule has 8 heteroatoms. The Morgan fingerprint density at radius 3 is 2.58 bits per heavy atom. The molecule has 1 aliphatic rings. The highest BCUT2D eigenvalue weighted by Gasteiger charge is 2.22. The number of rotatable bonds is 8. The topological polar surface area (TPSA) is 84.9 Å². The van der Waals surface area contributed by atoms with E-state index in [0.29, 0.717) is 12.2 Å². The minimum atomic E-state index is -3.63. The maximum atomic E-state index is 12.6. The number of likely N-dealkylation sites (tertiary alicyclic amines) is 1. The average Bonchev–Trinajstić information content (AvgIpc) is 2.71. The van der Waals surface area contributed by atoms with E-state index in [2.05, 4.69) is 28.4 Å². The van der Waals surface area contributed by atoms with E-state index in [4.69, 9.17) is 8.92 Å². The van der Waals surface area contributed by atoms with Crippen molar-refractivity contribution in [3.8, 4) is 11.5 Å². The largest absolute Gasteiger partial charge is 0.494 e. The number of aryl methyl sites for hydroxylation is 1. The molecule has 0 atom stereocenters. The summed E-state index contributed by atoms with van der Waals surface area (Å²) < 4.78 is 33.1. The molecular weight excluding hydrogens is 416 g/mol. The number of hydrogen-bond acceptors (Lipinski definition) is 6. The third kappa shape index (κ3) is 6.97. The Bertz CT molecular complexity index is 1010. The first-order valence-corrected chi connectivity index (χ1v) is 12.3. The van der Waals surface area contributed by atoms with Gasteiger partial charge in [-0.15, -0.1) is 0 Å². The van der Waals surface area contributed by atoms with E-state index in [-0.39, 0.29) is 17.7 Å². The number of amides is 1. The molecule has 3 rings (SSSR count). The summed E-state index contributed by atoms with van der Waals surface area (Å²) in [5, 5.41) is 3.05. The van der Waals surface area contributed by atoms with Crippen LogP contribution in [0.4, 0.5) is 0 Å². The maximum absolute atomic E-state index is 12.6. The van der Waals surface area contributed by atoms with Crippen LogP contribution in [0.15, 0.2) is 42.5 Å². The lowest BCUT2D eigenvalue weighted by atomic mass is 10.0. The van der Waals surface area contributed by atoms with Gasteiger partial charge in [0.25, 0.3) is 5.91 Å². The lowest BCUT2D eigenvalue weighted by molar-refractivity contribution is 0.0908. The van der Waals surface area contributed by atoms with Gasteiger partial charge in [0, 0.05) is 31.2 Å². The fraction of sp³-hybridized carbons (Fsp3) is 0.435. The quantitative estimate of drug-likeness (QED) is 0.627. The van der Waals surface area contributed by atoms with Gasteiger partial charge in [-0.05, 0) is 62.1 Å². The Kier molecular flexibility index (Phi) is 7.56. The van der Waals surface area contributed by atoms with Crippen LogP contribution in [-0.2, 0) is 16.7 Å². The van der Waals surface area contributed by atoms with Crippen LogP contribution in [0.3, 0.4) is 0 Å². The standard InChI is InChI=1S/C23H30N2O5S/c1-4-29-22-14-18(9-8-17(22)2)16-25-12-10-20(11-13-25)24-23(26)19-6-5-7-21(15-19)30-31(3,27)28/h5-9,14-15,20H,4,10-13,16H2,1-3H3,(H,24,26). The first-order chi connectivity index (χ1) is 14.7. The second kappa shape index (κ2) is 10.2. The molecule has 0 saturated carbocycles. The summed E-state index contributed by atoms with van der Waals surface area (Å²) >= 11 is 0. The molecule has 168 valence electrons. The predicted octanol–water partition coefficient (Wildman–Crippen LogP) is 3.13. The molecule has 0 bridgehead atoms. The Morgan fingerprint density at radius 1 is 1.16 bits per heavy atom. The smallest absolute Gasteiger partial charge is 0.306 e. The van der Waals surface area contributed by atoms with Crippen LogP contribution in [-0.4, -0.2) is 51.2 Å². The molecule has 0 aromatic heterocycles. The van der Waals surface area contributed by atoms with Crippen LogP contribution < -0.4 is 14.2 Å². The van der Waals surface area contributed by atoms with Gasteiger partial charge in [-0.2, -0.15) is 8.42 Å². The van der Waals surface area contributed by atoms with E-state index in [1.165, 1.54) is 17.7 Å². The summed E-state index contributed by atoms with van der Waals surface area (Å²) in [5.74, 6) is 0.844. The number of ether oxygens (including phenoxy) is 1. The molecule has 31 heavy (non-hydrogen) atoms. The van der Waals surface area contributed by atoms with Crippen molar-refractivity contribution < 1.29 is 22.1 Å². The Hall–Kier alpha value is -2.58. The molecule has 0 spiro atoms. The zero-order chi connectivity index (χ0) is 22.4. The van der Waals surface area contributed by atoms with Crippen molar-refractivity contribution in [2.75, 3.05) is 26.0 Å². The van der Waals surface area contributed by atoms with Gasteiger partial charge in [0.15, 0.2) is 0 Å². The van der Waals surface area contributed by atoms with Crippen molar-refractivity contribution in [1.82, 2.24) is 10.2 Å². The summed E-state index contributed by atoms with van der Waals surface area (Å²) in [6.07, 6.45) is 2.69. The molecule has 0 radical (unpaired) electrons. The minimum Gasteiger partial charge on any atom is -0.494 e. The zero-order valence-electron chi connectivity index (χ0n) is 18.3. The van der Waals surface area contributed by atoms with Crippen molar-refractivity contribution in [2.24, 2.45) is 0 Å². The first kappa shape index (κ1) is 23.1. The van der Waals surface area contributed by atoms with E-state index in [1.807, 2.05) is 13.8 Å². The lowest BCUT2D eigenvalue weighted by Crippen LogP contribution is -2.44. The molecule has 1 saturated heterocycles. The van der Waals surface area contributed by atoms with Crippen LogP contribution in [0.1, 0.15) is 41.3 Å². The molecular formula is C23H30N2O5S. The first-order valence-electron chi connectivity index (χ1n) is 10.5. The SMILES string of the molecule is CCOc1cc(CN2CCC(NC(=O)c3cccc(OS(C)(=O)=O)c3)CC2)ccc1C. The Labute approximate surface area is 184 Å². The molecule has 0 aliphatic carbocycles. The Morgan fingerprint density at radius 2 is 1.90 bits per heavy atom. The molecule has 7 nitrogen and oxygen atoms in total. The lowest BCUT2D eigenvalue weighted by Gasteiger charge is -2.32. The van der Waals surface area contributed by atoms with Crippen LogP contribution in [0, 0.1) is 6.92 Å².